The SMILES string of the molecule is N#Cc1ccc(Nc2nccc(C(=O)Nc3cccc(C#N)c3)n2)cc1. The molecule has 0 bridgehead atoms. The van der Waals surface area contributed by atoms with Gasteiger partial charge in [-0.25, -0.2) is 9.97 Å². The standard InChI is InChI=1S/C19H12N6O/c20-11-13-4-6-15(7-5-13)24-19-22-9-8-17(25-19)18(26)23-16-3-1-2-14(10-16)12-21/h1-10H,(H,23,26)(H,22,24,25). The van der Waals surface area contributed by atoms with Crippen molar-refractivity contribution in [2.24, 2.45) is 0 Å². The van der Waals surface area contributed by atoms with E-state index in [1.54, 1.807) is 48.5 Å². The summed E-state index contributed by atoms with van der Waals surface area (Å²) in [6, 6.07) is 18.9. The fourth-order valence-corrected chi connectivity index (χ4v) is 2.16. The predicted octanol–water partition coefficient (Wildman–Crippen LogP) is 3.22. The third kappa shape index (κ3) is 3.99. The Morgan fingerprint density at radius 1 is 0.923 bits per heavy atom. The van der Waals surface area contributed by atoms with Crippen LogP contribution in [0.5, 0.6) is 0 Å². The van der Waals surface area contributed by atoms with Gasteiger partial charge in [0.25, 0.3) is 5.91 Å². The third-order valence-electron chi connectivity index (χ3n) is 3.41. The first kappa shape index (κ1) is 16.6. The van der Waals surface area contributed by atoms with Crippen LogP contribution in [0.3, 0.4) is 0 Å². The number of nitrogens with one attached hydrogen (secondary N) is 2. The van der Waals surface area contributed by atoms with Crippen LogP contribution in [0, 0.1) is 22.7 Å². The van der Waals surface area contributed by atoms with Gasteiger partial charge in [-0.2, -0.15) is 10.5 Å². The molecule has 3 rings (SSSR count). The minimum Gasteiger partial charge on any atom is -0.324 e. The van der Waals surface area contributed by atoms with Gasteiger partial charge in [-0.05, 0) is 48.5 Å². The Hall–Kier alpha value is -4.23. The van der Waals surface area contributed by atoms with Crippen LogP contribution in [0.1, 0.15) is 21.6 Å². The molecule has 0 aliphatic carbocycles. The van der Waals surface area contributed by atoms with Crippen molar-refractivity contribution in [2.45, 2.75) is 0 Å². The Morgan fingerprint density at radius 3 is 2.42 bits per heavy atom. The predicted molar refractivity (Wildman–Crippen MR) is 95.6 cm³/mol. The lowest BCUT2D eigenvalue weighted by Crippen LogP contribution is -2.14. The van der Waals surface area contributed by atoms with Crippen molar-refractivity contribution in [2.75, 3.05) is 10.6 Å². The lowest BCUT2D eigenvalue weighted by Gasteiger charge is -2.07. The highest BCUT2D eigenvalue weighted by Crippen LogP contribution is 2.15. The van der Waals surface area contributed by atoms with Crippen LogP contribution in [-0.2, 0) is 0 Å². The van der Waals surface area contributed by atoms with Gasteiger partial charge in [0, 0.05) is 17.6 Å². The maximum atomic E-state index is 12.4. The van der Waals surface area contributed by atoms with Crippen molar-refractivity contribution in [3.05, 3.63) is 77.6 Å². The van der Waals surface area contributed by atoms with Crippen LogP contribution in [0.25, 0.3) is 0 Å². The van der Waals surface area contributed by atoms with Gasteiger partial charge in [0.05, 0.1) is 23.3 Å². The summed E-state index contributed by atoms with van der Waals surface area (Å²) >= 11 is 0. The second-order valence-electron chi connectivity index (χ2n) is 5.23. The number of carbonyl (C=O) groups excluding carboxylic acids is 1. The summed E-state index contributed by atoms with van der Waals surface area (Å²) in [6.07, 6.45) is 1.47. The molecule has 0 aliphatic rings. The molecule has 0 saturated heterocycles. The number of hydrogen-bond donors (Lipinski definition) is 2. The summed E-state index contributed by atoms with van der Waals surface area (Å²) < 4.78 is 0. The molecule has 2 N–H and O–H groups in total. The largest absolute Gasteiger partial charge is 0.324 e. The van der Waals surface area contributed by atoms with E-state index in [2.05, 4.69) is 20.6 Å². The van der Waals surface area contributed by atoms with Gasteiger partial charge in [0.15, 0.2) is 0 Å². The molecule has 0 radical (unpaired) electrons. The second kappa shape index (κ2) is 7.56. The lowest BCUT2D eigenvalue weighted by molar-refractivity contribution is 0.102. The Bertz CT molecular complexity index is 1030. The summed E-state index contributed by atoms with van der Waals surface area (Å²) in [5.74, 6) is -0.154. The number of anilines is 3. The molecule has 3 aromatic rings. The molecule has 1 amide bonds. The van der Waals surface area contributed by atoms with Crippen molar-refractivity contribution in [1.29, 1.82) is 10.5 Å². The van der Waals surface area contributed by atoms with Crippen molar-refractivity contribution < 1.29 is 4.79 Å². The van der Waals surface area contributed by atoms with Gasteiger partial charge in [-0.3, -0.25) is 4.79 Å². The molecule has 124 valence electrons. The summed E-state index contributed by atoms with van der Waals surface area (Å²) in [4.78, 5) is 20.6. The average molecular weight is 340 g/mol. The topological polar surface area (TPSA) is 114 Å². The molecule has 1 heterocycles. The van der Waals surface area contributed by atoms with Crippen LogP contribution >= 0.6 is 0 Å². The maximum absolute atomic E-state index is 12.4. The van der Waals surface area contributed by atoms with Crippen LogP contribution < -0.4 is 10.6 Å². The first-order chi connectivity index (χ1) is 12.7. The molecule has 0 fully saturated rings. The molecule has 0 spiro atoms. The van der Waals surface area contributed by atoms with E-state index in [9.17, 15) is 4.79 Å². The molecular weight excluding hydrogens is 328 g/mol. The van der Waals surface area contributed by atoms with Gasteiger partial charge in [-0.15, -0.1) is 0 Å². The Morgan fingerprint density at radius 2 is 1.69 bits per heavy atom. The number of nitriles is 2. The van der Waals surface area contributed by atoms with Crippen LogP contribution in [0.15, 0.2) is 60.8 Å². The molecule has 0 aliphatic heterocycles. The molecular formula is C19H12N6O. The molecule has 0 unspecified atom stereocenters. The van der Waals surface area contributed by atoms with Crippen molar-refractivity contribution >= 4 is 23.2 Å². The Kier molecular flexibility index (Phi) is 4.83. The second-order valence-corrected chi connectivity index (χ2v) is 5.23. The van der Waals surface area contributed by atoms with Gasteiger partial charge in [0.1, 0.15) is 5.69 Å². The number of aromatic nitrogens is 2. The number of nitrogens with zero attached hydrogens (tertiary/aromatic N) is 4. The van der Waals surface area contributed by atoms with E-state index in [0.29, 0.717) is 22.5 Å². The minimum absolute atomic E-state index is 0.179. The van der Waals surface area contributed by atoms with E-state index in [1.165, 1.54) is 12.3 Å². The van der Waals surface area contributed by atoms with Gasteiger partial charge >= 0.3 is 0 Å². The monoisotopic (exact) mass is 340 g/mol. The zero-order chi connectivity index (χ0) is 18.4. The summed E-state index contributed by atoms with van der Waals surface area (Å²) in [5.41, 5.74) is 2.38. The van der Waals surface area contributed by atoms with Gasteiger partial charge < -0.3 is 10.6 Å². The molecule has 0 saturated carbocycles. The first-order valence-corrected chi connectivity index (χ1v) is 7.60. The van der Waals surface area contributed by atoms with E-state index in [4.69, 9.17) is 10.5 Å². The molecule has 0 atom stereocenters. The number of benzene rings is 2. The van der Waals surface area contributed by atoms with Gasteiger partial charge in [0.2, 0.25) is 5.95 Å². The Labute approximate surface area is 149 Å². The molecule has 26 heavy (non-hydrogen) atoms. The fraction of sp³-hybridized carbons (Fsp3) is 0. The van der Waals surface area contributed by atoms with E-state index < -0.39 is 5.91 Å². The summed E-state index contributed by atoms with van der Waals surface area (Å²) in [5, 5.41) is 23.4. The quantitative estimate of drug-likeness (QED) is 0.753. The van der Waals surface area contributed by atoms with Gasteiger partial charge in [-0.1, -0.05) is 6.07 Å². The zero-order valence-electron chi connectivity index (χ0n) is 13.5. The molecule has 1 aromatic heterocycles. The van der Waals surface area contributed by atoms with Crippen molar-refractivity contribution in [3.63, 3.8) is 0 Å². The smallest absolute Gasteiger partial charge is 0.274 e. The molecule has 7 heteroatoms. The molecule has 7 nitrogen and oxygen atoms in total. The zero-order valence-corrected chi connectivity index (χ0v) is 13.5. The fourth-order valence-electron chi connectivity index (χ4n) is 2.16. The van der Waals surface area contributed by atoms with Crippen LogP contribution in [-0.4, -0.2) is 15.9 Å². The number of hydrogen-bond acceptors (Lipinski definition) is 6. The highest BCUT2D eigenvalue weighted by Gasteiger charge is 2.10. The van der Waals surface area contributed by atoms with E-state index in [-0.39, 0.29) is 11.6 Å². The maximum Gasteiger partial charge on any atom is 0.274 e. The van der Waals surface area contributed by atoms with Crippen LogP contribution in [0.4, 0.5) is 17.3 Å². The van der Waals surface area contributed by atoms with E-state index in [0.717, 1.165) is 0 Å². The number of carbonyl (C=O) groups is 1. The molecule has 2 aromatic carbocycles. The minimum atomic E-state index is -0.412. The lowest BCUT2D eigenvalue weighted by atomic mass is 10.2. The van der Waals surface area contributed by atoms with Crippen molar-refractivity contribution in [1.82, 2.24) is 9.97 Å². The first-order valence-electron chi connectivity index (χ1n) is 7.60. The normalized spacial score (nSPS) is 9.62. The van der Waals surface area contributed by atoms with E-state index in [1.807, 2.05) is 12.1 Å². The number of rotatable bonds is 4. The third-order valence-corrected chi connectivity index (χ3v) is 3.41. The van der Waals surface area contributed by atoms with Crippen molar-refractivity contribution in [3.8, 4) is 12.1 Å². The highest BCUT2D eigenvalue weighted by molar-refractivity contribution is 6.03. The summed E-state index contributed by atoms with van der Waals surface area (Å²) in [6.45, 7) is 0. The van der Waals surface area contributed by atoms with Crippen LogP contribution in [0.2, 0.25) is 0 Å². The summed E-state index contributed by atoms with van der Waals surface area (Å²) in [7, 11) is 0. The van der Waals surface area contributed by atoms with E-state index >= 15 is 0 Å². The highest BCUT2D eigenvalue weighted by atomic mass is 16.1. The number of amides is 1. The average Bonchev–Trinajstić information content (AvgIpc) is 2.69. The Balaban J connectivity index is 1.74.